The maximum atomic E-state index is 12.4. The molecule has 0 bridgehead atoms. The molecule has 0 aromatic heterocycles. The molecule has 2 aromatic carbocycles. The lowest BCUT2D eigenvalue weighted by molar-refractivity contribution is 0.0953. The average Bonchev–Trinajstić information content (AvgIpc) is 2.58. The molecular formula is C19H23ClN2O3S. The number of carbonyl (C=O) groups excluding carboxylic acids is 1. The first-order valence-electron chi connectivity index (χ1n) is 8.43. The number of hydrogen-bond donors (Lipinski definition) is 2. The summed E-state index contributed by atoms with van der Waals surface area (Å²) in [5, 5.41) is 3.01. The predicted octanol–water partition coefficient (Wildman–Crippen LogP) is 3.39. The van der Waals surface area contributed by atoms with Gasteiger partial charge in [0.05, 0.1) is 15.5 Å². The van der Waals surface area contributed by atoms with Gasteiger partial charge in [0, 0.05) is 12.6 Å². The molecule has 0 aliphatic rings. The molecule has 0 saturated heterocycles. The molecule has 0 unspecified atom stereocenters. The van der Waals surface area contributed by atoms with Gasteiger partial charge in [-0.2, -0.15) is 0 Å². The van der Waals surface area contributed by atoms with Crippen LogP contribution in [-0.2, 0) is 16.4 Å². The molecular weight excluding hydrogens is 372 g/mol. The quantitative estimate of drug-likeness (QED) is 0.674. The van der Waals surface area contributed by atoms with E-state index in [2.05, 4.69) is 10.0 Å². The van der Waals surface area contributed by atoms with Crippen LogP contribution in [0.4, 0.5) is 0 Å². The van der Waals surface area contributed by atoms with Crippen LogP contribution in [0.3, 0.4) is 0 Å². The van der Waals surface area contributed by atoms with E-state index in [0.717, 1.165) is 12.8 Å². The third-order valence-electron chi connectivity index (χ3n) is 3.65. The molecule has 2 N–H and O–H groups in total. The molecule has 26 heavy (non-hydrogen) atoms. The van der Waals surface area contributed by atoms with Crippen LogP contribution in [0.15, 0.2) is 53.4 Å². The lowest BCUT2D eigenvalue weighted by Gasteiger charge is -2.12. The number of amides is 1. The van der Waals surface area contributed by atoms with Crippen molar-refractivity contribution in [3.05, 3.63) is 64.7 Å². The van der Waals surface area contributed by atoms with Gasteiger partial charge in [-0.3, -0.25) is 4.79 Å². The van der Waals surface area contributed by atoms with Crippen LogP contribution in [0, 0.1) is 0 Å². The molecule has 1 amide bonds. The van der Waals surface area contributed by atoms with Gasteiger partial charge in [0.2, 0.25) is 10.0 Å². The second-order valence-electron chi connectivity index (χ2n) is 6.26. The predicted molar refractivity (Wildman–Crippen MR) is 104 cm³/mol. The van der Waals surface area contributed by atoms with E-state index >= 15 is 0 Å². The molecule has 5 nitrogen and oxygen atoms in total. The number of sulfonamides is 1. The Morgan fingerprint density at radius 3 is 2.46 bits per heavy atom. The van der Waals surface area contributed by atoms with Crippen LogP contribution in [-0.4, -0.2) is 26.9 Å². The summed E-state index contributed by atoms with van der Waals surface area (Å²) in [7, 11) is -3.68. The van der Waals surface area contributed by atoms with Gasteiger partial charge >= 0.3 is 0 Å². The highest BCUT2D eigenvalue weighted by atomic mass is 35.5. The van der Waals surface area contributed by atoms with Crippen molar-refractivity contribution in [2.24, 2.45) is 0 Å². The highest BCUT2D eigenvalue weighted by Crippen LogP contribution is 2.20. The summed E-state index contributed by atoms with van der Waals surface area (Å²) >= 11 is 6.08. The van der Waals surface area contributed by atoms with E-state index < -0.39 is 10.0 Å². The van der Waals surface area contributed by atoms with Crippen LogP contribution < -0.4 is 10.0 Å². The van der Waals surface area contributed by atoms with E-state index in [1.54, 1.807) is 13.8 Å². The smallest absolute Gasteiger partial charge is 0.252 e. The van der Waals surface area contributed by atoms with Gasteiger partial charge in [-0.05, 0) is 50.5 Å². The Hall–Kier alpha value is -1.89. The van der Waals surface area contributed by atoms with Crippen molar-refractivity contribution < 1.29 is 13.2 Å². The second kappa shape index (κ2) is 9.16. The molecule has 0 aliphatic carbocycles. The molecule has 0 radical (unpaired) electrons. The van der Waals surface area contributed by atoms with E-state index in [0.29, 0.717) is 6.54 Å². The minimum absolute atomic E-state index is 0.0186. The first-order valence-corrected chi connectivity index (χ1v) is 10.3. The molecule has 7 heteroatoms. The fourth-order valence-corrected chi connectivity index (χ4v) is 3.94. The third kappa shape index (κ3) is 5.83. The number of nitrogens with one attached hydrogen (secondary N) is 2. The third-order valence-corrected chi connectivity index (χ3v) is 5.64. The summed E-state index contributed by atoms with van der Waals surface area (Å²) in [5.41, 5.74) is 1.35. The number of carbonyl (C=O) groups is 1. The monoisotopic (exact) mass is 394 g/mol. The van der Waals surface area contributed by atoms with Gasteiger partial charge in [0.1, 0.15) is 0 Å². The van der Waals surface area contributed by atoms with Crippen molar-refractivity contribution in [1.82, 2.24) is 10.0 Å². The molecule has 0 aliphatic heterocycles. The highest BCUT2D eigenvalue weighted by molar-refractivity contribution is 7.89. The Labute approximate surface area is 159 Å². The van der Waals surface area contributed by atoms with Gasteiger partial charge in [-0.25, -0.2) is 13.1 Å². The van der Waals surface area contributed by atoms with Crippen LogP contribution >= 0.6 is 11.6 Å². The SMILES string of the molecule is CC(C)NS(=O)(=O)c1ccc(Cl)c(C(=O)NCCCc2ccccc2)c1. The molecule has 140 valence electrons. The fraction of sp³-hybridized carbons (Fsp3) is 0.316. The van der Waals surface area contributed by atoms with Crippen molar-refractivity contribution in [2.45, 2.75) is 37.6 Å². The van der Waals surface area contributed by atoms with Crippen LogP contribution in [0.25, 0.3) is 0 Å². The largest absolute Gasteiger partial charge is 0.352 e. The van der Waals surface area contributed by atoms with Crippen molar-refractivity contribution >= 4 is 27.5 Å². The van der Waals surface area contributed by atoms with E-state index in [1.807, 2.05) is 30.3 Å². The van der Waals surface area contributed by atoms with E-state index in [9.17, 15) is 13.2 Å². The summed E-state index contributed by atoms with van der Waals surface area (Å²) in [6.45, 7) is 3.94. The Morgan fingerprint density at radius 2 is 1.81 bits per heavy atom. The molecule has 2 rings (SSSR count). The fourth-order valence-electron chi connectivity index (χ4n) is 2.46. The lowest BCUT2D eigenvalue weighted by Crippen LogP contribution is -2.31. The average molecular weight is 395 g/mol. The second-order valence-corrected chi connectivity index (χ2v) is 8.38. The molecule has 0 heterocycles. The Kier molecular flexibility index (Phi) is 7.20. The molecule has 0 atom stereocenters. The maximum absolute atomic E-state index is 12.4. The van der Waals surface area contributed by atoms with E-state index in [1.165, 1.54) is 23.8 Å². The normalized spacial score (nSPS) is 11.5. The van der Waals surface area contributed by atoms with Gasteiger partial charge in [-0.1, -0.05) is 41.9 Å². The summed E-state index contributed by atoms with van der Waals surface area (Å²) in [5.74, 6) is -0.385. The highest BCUT2D eigenvalue weighted by Gasteiger charge is 2.19. The van der Waals surface area contributed by atoms with Crippen molar-refractivity contribution in [3.63, 3.8) is 0 Å². The number of hydrogen-bond acceptors (Lipinski definition) is 3. The van der Waals surface area contributed by atoms with Crippen molar-refractivity contribution in [1.29, 1.82) is 0 Å². The van der Waals surface area contributed by atoms with Gasteiger partial charge in [0.15, 0.2) is 0 Å². The zero-order valence-electron chi connectivity index (χ0n) is 14.8. The Bertz CT molecular complexity index is 852. The molecule has 0 saturated carbocycles. The van der Waals surface area contributed by atoms with Gasteiger partial charge < -0.3 is 5.32 Å². The number of rotatable bonds is 8. The number of aryl methyl sites for hydroxylation is 1. The molecule has 0 spiro atoms. The topological polar surface area (TPSA) is 75.3 Å². The summed E-state index contributed by atoms with van der Waals surface area (Å²) < 4.78 is 27.0. The molecule has 0 fully saturated rings. The minimum atomic E-state index is -3.68. The van der Waals surface area contributed by atoms with E-state index in [4.69, 9.17) is 11.6 Å². The van der Waals surface area contributed by atoms with E-state index in [-0.39, 0.29) is 27.4 Å². The zero-order chi connectivity index (χ0) is 19.2. The summed E-state index contributed by atoms with van der Waals surface area (Å²) in [6.07, 6.45) is 1.63. The van der Waals surface area contributed by atoms with Crippen LogP contribution in [0.5, 0.6) is 0 Å². The minimum Gasteiger partial charge on any atom is -0.352 e. The van der Waals surface area contributed by atoms with Gasteiger partial charge in [0.25, 0.3) is 5.91 Å². The maximum Gasteiger partial charge on any atom is 0.252 e. The lowest BCUT2D eigenvalue weighted by atomic mass is 10.1. The number of halogens is 1. The Balaban J connectivity index is 2.00. The van der Waals surface area contributed by atoms with Crippen molar-refractivity contribution in [3.8, 4) is 0 Å². The standard InChI is InChI=1S/C19H23ClN2O3S/c1-14(2)22-26(24,25)16-10-11-18(20)17(13-16)19(23)21-12-6-9-15-7-4-3-5-8-15/h3-5,7-8,10-11,13-14,22H,6,9,12H2,1-2H3,(H,21,23). The first kappa shape index (κ1) is 20.4. The Morgan fingerprint density at radius 1 is 1.12 bits per heavy atom. The van der Waals surface area contributed by atoms with Gasteiger partial charge in [-0.15, -0.1) is 0 Å². The summed E-state index contributed by atoms with van der Waals surface area (Å²) in [6, 6.07) is 13.9. The first-order chi connectivity index (χ1) is 12.3. The zero-order valence-corrected chi connectivity index (χ0v) is 16.4. The van der Waals surface area contributed by atoms with Crippen molar-refractivity contribution in [2.75, 3.05) is 6.54 Å². The van der Waals surface area contributed by atoms with Crippen LogP contribution in [0.2, 0.25) is 5.02 Å². The molecule has 2 aromatic rings. The van der Waals surface area contributed by atoms with Crippen LogP contribution in [0.1, 0.15) is 36.2 Å². The number of benzene rings is 2. The summed E-state index contributed by atoms with van der Waals surface area (Å²) in [4.78, 5) is 12.4.